The van der Waals surface area contributed by atoms with Crippen LogP contribution in [-0.2, 0) is 6.61 Å². The van der Waals surface area contributed by atoms with E-state index >= 15 is 0 Å². The lowest BCUT2D eigenvalue weighted by molar-refractivity contribution is 0.278. The maximum absolute atomic E-state index is 9.12. The van der Waals surface area contributed by atoms with Gasteiger partial charge in [-0.1, -0.05) is 0 Å². The summed E-state index contributed by atoms with van der Waals surface area (Å²) in [6, 6.07) is 0.441. The van der Waals surface area contributed by atoms with E-state index in [1.54, 1.807) is 6.20 Å². The van der Waals surface area contributed by atoms with Crippen LogP contribution < -0.4 is 4.90 Å². The monoisotopic (exact) mass is 251 g/mol. The van der Waals surface area contributed by atoms with Crippen molar-refractivity contribution >= 4 is 5.95 Å². The number of nitrogens with zero attached hydrogens (tertiary/aromatic N) is 3. The number of hydrogen-bond acceptors (Lipinski definition) is 5. The molecule has 0 bridgehead atoms. The highest BCUT2D eigenvalue weighted by Crippen LogP contribution is 2.25. The Kier molecular flexibility index (Phi) is 4.49. The van der Waals surface area contributed by atoms with E-state index in [9.17, 15) is 0 Å². The van der Waals surface area contributed by atoms with Gasteiger partial charge >= 0.3 is 0 Å². The molecule has 5 nitrogen and oxygen atoms in total. The second-order valence-corrected chi connectivity index (χ2v) is 4.79. The van der Waals surface area contributed by atoms with Gasteiger partial charge in [-0.3, -0.25) is 0 Å². The van der Waals surface area contributed by atoms with E-state index in [1.807, 2.05) is 6.92 Å². The summed E-state index contributed by atoms with van der Waals surface area (Å²) in [4.78, 5) is 11.0. The van der Waals surface area contributed by atoms with Crippen LogP contribution in [0.4, 0.5) is 5.95 Å². The molecule has 2 N–H and O–H groups in total. The van der Waals surface area contributed by atoms with Gasteiger partial charge in [0.2, 0.25) is 5.95 Å². The number of hydrogen-bond donors (Lipinski definition) is 2. The molecule has 0 spiro atoms. The van der Waals surface area contributed by atoms with Crippen LogP contribution >= 0.6 is 0 Å². The maximum Gasteiger partial charge on any atom is 0.225 e. The first-order valence-electron chi connectivity index (χ1n) is 6.57. The zero-order valence-corrected chi connectivity index (χ0v) is 10.8. The minimum atomic E-state index is -0.0138. The maximum atomic E-state index is 9.12. The lowest BCUT2D eigenvalue weighted by Crippen LogP contribution is -2.31. The Bertz CT molecular complexity index is 398. The van der Waals surface area contributed by atoms with Gasteiger partial charge in [0.15, 0.2) is 0 Å². The van der Waals surface area contributed by atoms with Crippen LogP contribution in [-0.4, -0.2) is 39.4 Å². The molecule has 0 radical (unpaired) electrons. The summed E-state index contributed by atoms with van der Waals surface area (Å²) in [6.45, 7) is 3.11. The van der Waals surface area contributed by atoms with Crippen LogP contribution in [0.25, 0.3) is 0 Å². The number of rotatable bonds is 5. The molecule has 5 heteroatoms. The predicted molar refractivity (Wildman–Crippen MR) is 69.4 cm³/mol. The molecule has 1 fully saturated rings. The van der Waals surface area contributed by atoms with Gasteiger partial charge in [-0.2, -0.15) is 0 Å². The predicted octanol–water partition coefficient (Wildman–Crippen LogP) is 1.02. The average molecular weight is 251 g/mol. The van der Waals surface area contributed by atoms with Gasteiger partial charge in [-0.05, 0) is 32.6 Å². The van der Waals surface area contributed by atoms with Crippen LogP contribution in [0.1, 0.15) is 36.9 Å². The van der Waals surface area contributed by atoms with Gasteiger partial charge < -0.3 is 15.1 Å². The normalized spacial score (nSPS) is 19.5. The molecule has 18 heavy (non-hydrogen) atoms. The highest BCUT2D eigenvalue weighted by Gasteiger charge is 2.26. The molecule has 0 amide bonds. The molecule has 1 aromatic heterocycles. The topological polar surface area (TPSA) is 69.5 Å². The van der Waals surface area contributed by atoms with Crippen molar-refractivity contribution in [3.8, 4) is 0 Å². The number of aromatic nitrogens is 2. The van der Waals surface area contributed by atoms with Gasteiger partial charge in [-0.15, -0.1) is 0 Å². The Morgan fingerprint density at radius 3 is 2.94 bits per heavy atom. The molecule has 1 unspecified atom stereocenters. The van der Waals surface area contributed by atoms with Crippen molar-refractivity contribution in [2.45, 2.75) is 45.3 Å². The smallest absolute Gasteiger partial charge is 0.225 e. The first-order valence-corrected chi connectivity index (χ1v) is 6.57. The second kappa shape index (κ2) is 6.11. The SMILES string of the molecule is Cc1nc(N2CCCC2CCCO)ncc1CO. The van der Waals surface area contributed by atoms with Gasteiger partial charge in [0, 0.05) is 36.6 Å². The standard InChI is InChI=1S/C13H21N3O2/c1-10-11(9-18)8-14-13(15-10)16-6-2-4-12(16)5-3-7-17/h8,12,17-18H,2-7,9H2,1H3. The quantitative estimate of drug-likeness (QED) is 0.817. The van der Waals surface area contributed by atoms with Gasteiger partial charge in [0.1, 0.15) is 0 Å². The fraction of sp³-hybridized carbons (Fsp3) is 0.692. The highest BCUT2D eigenvalue weighted by molar-refractivity contribution is 5.35. The first kappa shape index (κ1) is 13.2. The number of aryl methyl sites for hydroxylation is 1. The third-order valence-corrected chi connectivity index (χ3v) is 3.57. The minimum Gasteiger partial charge on any atom is -0.396 e. The van der Waals surface area contributed by atoms with E-state index in [0.717, 1.165) is 49.4 Å². The molecular weight excluding hydrogens is 230 g/mol. The van der Waals surface area contributed by atoms with Crippen molar-refractivity contribution in [2.75, 3.05) is 18.1 Å². The molecule has 1 aromatic rings. The van der Waals surface area contributed by atoms with Crippen LogP contribution in [0.3, 0.4) is 0 Å². The Hall–Kier alpha value is -1.20. The minimum absolute atomic E-state index is 0.0138. The Morgan fingerprint density at radius 1 is 1.44 bits per heavy atom. The molecule has 100 valence electrons. The zero-order chi connectivity index (χ0) is 13.0. The number of anilines is 1. The summed E-state index contributed by atoms with van der Waals surface area (Å²) in [7, 11) is 0. The summed E-state index contributed by atoms with van der Waals surface area (Å²) in [5.74, 6) is 0.755. The highest BCUT2D eigenvalue weighted by atomic mass is 16.3. The van der Waals surface area contributed by atoms with Crippen molar-refractivity contribution in [3.63, 3.8) is 0 Å². The fourth-order valence-electron chi connectivity index (χ4n) is 2.50. The van der Waals surface area contributed by atoms with Crippen LogP contribution in [0.2, 0.25) is 0 Å². The van der Waals surface area contributed by atoms with Gasteiger partial charge in [0.25, 0.3) is 0 Å². The molecule has 1 aliphatic heterocycles. The fourth-order valence-corrected chi connectivity index (χ4v) is 2.50. The van der Waals surface area contributed by atoms with Crippen molar-refractivity contribution in [1.29, 1.82) is 0 Å². The Labute approximate surface area is 107 Å². The summed E-state index contributed by atoms with van der Waals surface area (Å²) < 4.78 is 0. The third kappa shape index (κ3) is 2.79. The molecule has 0 aromatic carbocycles. The van der Waals surface area contributed by atoms with E-state index in [-0.39, 0.29) is 13.2 Å². The van der Waals surface area contributed by atoms with E-state index in [2.05, 4.69) is 14.9 Å². The molecule has 0 aliphatic carbocycles. The lowest BCUT2D eigenvalue weighted by Gasteiger charge is -2.24. The first-order chi connectivity index (χ1) is 8.76. The van der Waals surface area contributed by atoms with Crippen molar-refractivity contribution in [2.24, 2.45) is 0 Å². The zero-order valence-electron chi connectivity index (χ0n) is 10.8. The summed E-state index contributed by atoms with van der Waals surface area (Å²) in [5.41, 5.74) is 1.63. The number of aliphatic hydroxyl groups excluding tert-OH is 2. The van der Waals surface area contributed by atoms with E-state index < -0.39 is 0 Å². The van der Waals surface area contributed by atoms with Crippen LogP contribution in [0.5, 0.6) is 0 Å². The Balaban J connectivity index is 2.12. The van der Waals surface area contributed by atoms with E-state index in [4.69, 9.17) is 10.2 Å². The van der Waals surface area contributed by atoms with E-state index in [0.29, 0.717) is 6.04 Å². The van der Waals surface area contributed by atoms with Gasteiger partial charge in [0.05, 0.1) is 6.61 Å². The molecule has 1 saturated heterocycles. The van der Waals surface area contributed by atoms with E-state index in [1.165, 1.54) is 0 Å². The summed E-state index contributed by atoms with van der Waals surface area (Å²) in [6.07, 6.45) is 5.82. The molecule has 2 heterocycles. The molecular formula is C13H21N3O2. The summed E-state index contributed by atoms with van der Waals surface area (Å²) >= 11 is 0. The van der Waals surface area contributed by atoms with Gasteiger partial charge in [-0.25, -0.2) is 9.97 Å². The average Bonchev–Trinajstić information content (AvgIpc) is 2.84. The van der Waals surface area contributed by atoms with Crippen LogP contribution in [0.15, 0.2) is 6.20 Å². The largest absolute Gasteiger partial charge is 0.396 e. The lowest BCUT2D eigenvalue weighted by atomic mass is 10.1. The number of aliphatic hydroxyl groups is 2. The molecule has 1 aliphatic rings. The van der Waals surface area contributed by atoms with Crippen molar-refractivity contribution in [3.05, 3.63) is 17.5 Å². The second-order valence-electron chi connectivity index (χ2n) is 4.79. The summed E-state index contributed by atoms with van der Waals surface area (Å²) in [5, 5.41) is 18.0. The third-order valence-electron chi connectivity index (χ3n) is 3.57. The van der Waals surface area contributed by atoms with Crippen LogP contribution in [0, 0.1) is 6.92 Å². The molecule has 0 saturated carbocycles. The van der Waals surface area contributed by atoms with Crippen molar-refractivity contribution in [1.82, 2.24) is 9.97 Å². The van der Waals surface area contributed by atoms with Crippen molar-refractivity contribution < 1.29 is 10.2 Å². The Morgan fingerprint density at radius 2 is 2.28 bits per heavy atom. The molecule has 2 rings (SSSR count). The molecule has 1 atom stereocenters.